The van der Waals surface area contributed by atoms with E-state index >= 15 is 0 Å². The van der Waals surface area contributed by atoms with Gasteiger partial charge in [0.15, 0.2) is 0 Å². The first kappa shape index (κ1) is 14.1. The van der Waals surface area contributed by atoms with Gasteiger partial charge in [-0.05, 0) is 53.6 Å². The molecule has 0 saturated carbocycles. The number of phenols is 1. The first-order chi connectivity index (χ1) is 10.3. The zero-order valence-electron chi connectivity index (χ0n) is 12.0. The number of nitrogens with one attached hydrogen (secondary N) is 1. The summed E-state index contributed by atoms with van der Waals surface area (Å²) in [6, 6.07) is 14.1. The smallest absolute Gasteiger partial charge is 0.115 e. The lowest BCUT2D eigenvalue weighted by Gasteiger charge is -2.26. The Bertz CT molecular complexity index is 624. The first-order valence-electron chi connectivity index (χ1n) is 7.50. The van der Waals surface area contributed by atoms with Gasteiger partial charge in [-0.1, -0.05) is 30.3 Å². The second-order valence-corrected chi connectivity index (χ2v) is 5.69. The predicted octanol–water partition coefficient (Wildman–Crippen LogP) is 3.05. The minimum Gasteiger partial charge on any atom is -0.508 e. The monoisotopic (exact) mass is 283 g/mol. The molecule has 3 rings (SSSR count). The lowest BCUT2D eigenvalue weighted by atomic mass is 9.87. The third kappa shape index (κ3) is 3.26. The average molecular weight is 283 g/mol. The Morgan fingerprint density at radius 1 is 1.10 bits per heavy atom. The second kappa shape index (κ2) is 6.29. The maximum absolute atomic E-state index is 9.60. The van der Waals surface area contributed by atoms with Crippen molar-refractivity contribution in [3.8, 4) is 5.75 Å². The quantitative estimate of drug-likeness (QED) is 0.808. The highest BCUT2D eigenvalue weighted by Gasteiger charge is 2.19. The number of hydrogen-bond donors (Lipinski definition) is 3. The van der Waals surface area contributed by atoms with E-state index in [9.17, 15) is 10.2 Å². The van der Waals surface area contributed by atoms with Crippen LogP contribution < -0.4 is 5.32 Å². The van der Waals surface area contributed by atoms with Crippen molar-refractivity contribution in [2.24, 2.45) is 0 Å². The third-order valence-electron chi connectivity index (χ3n) is 4.17. The minimum absolute atomic E-state index is 0.0827. The number of hydrogen-bond acceptors (Lipinski definition) is 3. The predicted molar refractivity (Wildman–Crippen MR) is 83.0 cm³/mol. The molecule has 1 atom stereocenters. The lowest BCUT2D eigenvalue weighted by molar-refractivity contribution is 0.281. The zero-order valence-corrected chi connectivity index (χ0v) is 12.0. The van der Waals surface area contributed by atoms with E-state index in [1.165, 1.54) is 16.7 Å². The van der Waals surface area contributed by atoms with Crippen molar-refractivity contribution in [1.29, 1.82) is 0 Å². The van der Waals surface area contributed by atoms with Gasteiger partial charge in [-0.15, -0.1) is 0 Å². The van der Waals surface area contributed by atoms with E-state index in [1.807, 2.05) is 30.3 Å². The van der Waals surface area contributed by atoms with Gasteiger partial charge in [0.05, 0.1) is 6.61 Å². The molecule has 3 N–H and O–H groups in total. The first-order valence-corrected chi connectivity index (χ1v) is 7.50. The van der Waals surface area contributed by atoms with Crippen LogP contribution >= 0.6 is 0 Å². The van der Waals surface area contributed by atoms with Crippen LogP contribution in [0.4, 0.5) is 0 Å². The fourth-order valence-electron chi connectivity index (χ4n) is 3.09. The molecule has 0 aliphatic heterocycles. The molecule has 0 heterocycles. The van der Waals surface area contributed by atoms with Gasteiger partial charge in [0.2, 0.25) is 0 Å². The fraction of sp³-hybridized carbons (Fsp3) is 0.333. The van der Waals surface area contributed by atoms with E-state index < -0.39 is 0 Å². The molecule has 0 amide bonds. The Morgan fingerprint density at radius 2 is 1.95 bits per heavy atom. The van der Waals surface area contributed by atoms with Crippen molar-refractivity contribution in [3.05, 3.63) is 64.7 Å². The Kier molecular flexibility index (Phi) is 4.23. The number of rotatable bonds is 4. The maximum atomic E-state index is 9.60. The van der Waals surface area contributed by atoms with Crippen LogP contribution in [0.25, 0.3) is 0 Å². The van der Waals surface area contributed by atoms with Crippen LogP contribution in [-0.4, -0.2) is 10.2 Å². The van der Waals surface area contributed by atoms with Crippen LogP contribution in [0.15, 0.2) is 42.5 Å². The molecule has 1 unspecified atom stereocenters. The highest BCUT2D eigenvalue weighted by molar-refractivity contribution is 5.38. The number of fused-ring (bicyclic) bond motifs is 1. The van der Waals surface area contributed by atoms with Gasteiger partial charge >= 0.3 is 0 Å². The molecule has 1 aliphatic rings. The minimum atomic E-state index is 0.0827. The molecule has 2 aromatic carbocycles. The van der Waals surface area contributed by atoms with E-state index in [-0.39, 0.29) is 6.61 Å². The van der Waals surface area contributed by atoms with Crippen molar-refractivity contribution in [1.82, 2.24) is 5.32 Å². The van der Waals surface area contributed by atoms with E-state index in [0.29, 0.717) is 11.8 Å². The highest BCUT2D eigenvalue weighted by atomic mass is 16.3. The van der Waals surface area contributed by atoms with Gasteiger partial charge in [-0.2, -0.15) is 0 Å². The summed E-state index contributed by atoms with van der Waals surface area (Å²) in [5, 5.41) is 22.4. The van der Waals surface area contributed by atoms with E-state index in [4.69, 9.17) is 0 Å². The molecule has 0 saturated heterocycles. The Hall–Kier alpha value is -1.84. The molecule has 3 nitrogen and oxygen atoms in total. The lowest BCUT2D eigenvalue weighted by Crippen LogP contribution is -2.24. The van der Waals surface area contributed by atoms with Crippen LogP contribution in [-0.2, 0) is 19.6 Å². The average Bonchev–Trinajstić information content (AvgIpc) is 2.52. The number of benzene rings is 2. The van der Waals surface area contributed by atoms with Crippen LogP contribution in [0.3, 0.4) is 0 Å². The van der Waals surface area contributed by atoms with E-state index in [1.54, 1.807) is 6.07 Å². The summed E-state index contributed by atoms with van der Waals surface area (Å²) in [6.07, 6.45) is 3.31. The van der Waals surface area contributed by atoms with Crippen LogP contribution in [0.5, 0.6) is 5.75 Å². The van der Waals surface area contributed by atoms with Crippen molar-refractivity contribution in [3.63, 3.8) is 0 Å². The molecule has 1 aliphatic carbocycles. The largest absolute Gasteiger partial charge is 0.508 e. The molecule has 3 heteroatoms. The summed E-state index contributed by atoms with van der Waals surface area (Å²) in [5.41, 5.74) is 4.69. The SMILES string of the molecule is OCc1cccc(CNC2CCCc3cc(O)ccc32)c1. The fourth-order valence-corrected chi connectivity index (χ4v) is 3.09. The van der Waals surface area contributed by atoms with Gasteiger partial charge < -0.3 is 15.5 Å². The molecule has 110 valence electrons. The molecule has 0 bridgehead atoms. The van der Waals surface area contributed by atoms with Gasteiger partial charge in [-0.3, -0.25) is 0 Å². The van der Waals surface area contributed by atoms with Gasteiger partial charge in [-0.25, -0.2) is 0 Å². The molecular formula is C18H21NO2. The summed E-state index contributed by atoms with van der Waals surface area (Å²) in [7, 11) is 0. The van der Waals surface area contributed by atoms with Crippen molar-refractivity contribution >= 4 is 0 Å². The van der Waals surface area contributed by atoms with Crippen molar-refractivity contribution in [2.75, 3.05) is 0 Å². The Labute approximate surface area is 125 Å². The molecule has 0 spiro atoms. The van der Waals surface area contributed by atoms with Crippen molar-refractivity contribution in [2.45, 2.75) is 38.5 Å². The number of aromatic hydroxyl groups is 1. The number of aliphatic hydroxyl groups excluding tert-OH is 1. The van der Waals surface area contributed by atoms with E-state index in [0.717, 1.165) is 31.4 Å². The zero-order chi connectivity index (χ0) is 14.7. The topological polar surface area (TPSA) is 52.5 Å². The Balaban J connectivity index is 1.71. The van der Waals surface area contributed by atoms with Crippen LogP contribution in [0.2, 0.25) is 0 Å². The Morgan fingerprint density at radius 3 is 2.81 bits per heavy atom. The molecule has 0 fully saturated rings. The molecule has 21 heavy (non-hydrogen) atoms. The normalized spacial score (nSPS) is 17.5. The van der Waals surface area contributed by atoms with Crippen LogP contribution in [0.1, 0.15) is 41.1 Å². The summed E-state index contributed by atoms with van der Waals surface area (Å²) in [6.45, 7) is 0.873. The summed E-state index contributed by atoms with van der Waals surface area (Å²) in [5.74, 6) is 0.352. The molecule has 2 aromatic rings. The summed E-state index contributed by atoms with van der Waals surface area (Å²) in [4.78, 5) is 0. The third-order valence-corrected chi connectivity index (χ3v) is 4.17. The number of aryl methyl sites for hydroxylation is 1. The summed E-state index contributed by atoms with van der Waals surface area (Å²) < 4.78 is 0. The second-order valence-electron chi connectivity index (χ2n) is 5.69. The van der Waals surface area contributed by atoms with Gasteiger partial charge in [0.25, 0.3) is 0 Å². The number of aliphatic hydroxyl groups is 1. The standard InChI is InChI=1S/C18H21NO2/c20-12-14-4-1-3-13(9-14)11-19-18-6-2-5-15-10-16(21)7-8-17(15)18/h1,3-4,7-10,18-21H,2,5-6,11-12H2. The summed E-state index contributed by atoms with van der Waals surface area (Å²) >= 11 is 0. The van der Waals surface area contributed by atoms with E-state index in [2.05, 4.69) is 11.4 Å². The highest BCUT2D eigenvalue weighted by Crippen LogP contribution is 2.32. The van der Waals surface area contributed by atoms with Gasteiger partial charge in [0.1, 0.15) is 5.75 Å². The molecule has 0 radical (unpaired) electrons. The number of phenolic OH excluding ortho intramolecular Hbond substituents is 1. The van der Waals surface area contributed by atoms with Crippen LogP contribution in [0, 0.1) is 0 Å². The molecular weight excluding hydrogens is 262 g/mol. The van der Waals surface area contributed by atoms with Gasteiger partial charge in [0, 0.05) is 12.6 Å². The maximum Gasteiger partial charge on any atom is 0.115 e. The molecule has 0 aromatic heterocycles. The van der Waals surface area contributed by atoms with Crippen molar-refractivity contribution < 1.29 is 10.2 Å².